The van der Waals surface area contributed by atoms with Crippen molar-refractivity contribution in [2.24, 2.45) is 0 Å². The summed E-state index contributed by atoms with van der Waals surface area (Å²) >= 11 is 0. The Bertz CT molecular complexity index is 380. The summed E-state index contributed by atoms with van der Waals surface area (Å²) in [7, 11) is 0. The van der Waals surface area contributed by atoms with Gasteiger partial charge in [-0.1, -0.05) is 0 Å². The van der Waals surface area contributed by atoms with E-state index in [2.05, 4.69) is 0 Å². The van der Waals surface area contributed by atoms with Crippen molar-refractivity contribution < 1.29 is 55.1 Å². The molecule has 0 saturated carbocycles. The summed E-state index contributed by atoms with van der Waals surface area (Å²) in [6.07, 6.45) is -15.7. The van der Waals surface area contributed by atoms with E-state index in [0.29, 0.717) is 0 Å². The molecule has 0 spiro atoms. The number of rotatable bonds is 4. The van der Waals surface area contributed by atoms with Crippen LogP contribution in [-0.2, 0) is 14.2 Å². The highest BCUT2D eigenvalue weighted by Crippen LogP contribution is 2.28. The molecule has 2 saturated heterocycles. The maximum absolute atomic E-state index is 10.00. The van der Waals surface area contributed by atoms with Gasteiger partial charge in [-0.3, -0.25) is 0 Å². The van der Waals surface area contributed by atoms with E-state index < -0.39 is 74.6 Å². The summed E-state index contributed by atoms with van der Waals surface area (Å²) in [5, 5.41) is 76.8. The fourth-order valence-electron chi connectivity index (χ4n) is 2.56. The highest BCUT2D eigenvalue weighted by Gasteiger charge is 2.50. The minimum absolute atomic E-state index is 0.667. The monoisotopic (exact) mass is 342 g/mol. The van der Waals surface area contributed by atoms with Crippen LogP contribution < -0.4 is 0 Å². The third-order valence-corrected chi connectivity index (χ3v) is 3.98. The van der Waals surface area contributed by atoms with E-state index in [4.69, 9.17) is 24.4 Å². The molecule has 0 bridgehead atoms. The lowest BCUT2D eigenvalue weighted by atomic mass is 9.97. The highest BCUT2D eigenvalue weighted by molar-refractivity contribution is 4.93. The van der Waals surface area contributed by atoms with E-state index >= 15 is 0 Å². The first kappa shape index (κ1) is 18.9. The Labute approximate surface area is 130 Å². The van der Waals surface area contributed by atoms with Gasteiger partial charge in [0, 0.05) is 0 Å². The van der Waals surface area contributed by atoms with Crippen molar-refractivity contribution in [2.75, 3.05) is 13.2 Å². The molecule has 0 aliphatic carbocycles. The van der Waals surface area contributed by atoms with Crippen molar-refractivity contribution in [1.82, 2.24) is 0 Å². The third kappa shape index (κ3) is 3.65. The van der Waals surface area contributed by atoms with E-state index in [1.54, 1.807) is 0 Å². The molecule has 11 heteroatoms. The van der Waals surface area contributed by atoms with Gasteiger partial charge in [-0.05, 0) is 0 Å². The lowest BCUT2D eigenvalue weighted by Gasteiger charge is -2.45. The standard InChI is InChI=1S/C12H22O11/c13-1-3-5(15)7(17)8(18)12(22-3)23-10-6(16)4(2-14)21-11(20)9(10)19/h3-20H,1-2H2/t3?,4?,5-,6+,7-,8?,9?,10-,11?,12-/m0/s1. The fourth-order valence-corrected chi connectivity index (χ4v) is 2.56. The van der Waals surface area contributed by atoms with Crippen LogP contribution in [0, 0.1) is 0 Å². The number of aliphatic hydroxyl groups excluding tert-OH is 8. The summed E-state index contributed by atoms with van der Waals surface area (Å²) in [5.41, 5.74) is 0. The van der Waals surface area contributed by atoms with Crippen molar-refractivity contribution in [3.05, 3.63) is 0 Å². The molecule has 10 atom stereocenters. The number of hydrogen-bond acceptors (Lipinski definition) is 11. The largest absolute Gasteiger partial charge is 0.394 e. The van der Waals surface area contributed by atoms with Crippen LogP contribution in [0.2, 0.25) is 0 Å². The summed E-state index contributed by atoms with van der Waals surface area (Å²) in [6.45, 7) is -1.34. The van der Waals surface area contributed by atoms with Gasteiger partial charge >= 0.3 is 0 Å². The van der Waals surface area contributed by atoms with Gasteiger partial charge in [0.15, 0.2) is 12.6 Å². The number of aliphatic hydroxyl groups is 8. The molecule has 0 aromatic heterocycles. The molecule has 8 N–H and O–H groups in total. The smallest absolute Gasteiger partial charge is 0.187 e. The predicted octanol–water partition coefficient (Wildman–Crippen LogP) is -5.40. The van der Waals surface area contributed by atoms with Crippen LogP contribution in [0.25, 0.3) is 0 Å². The van der Waals surface area contributed by atoms with E-state index in [9.17, 15) is 30.6 Å². The van der Waals surface area contributed by atoms with Gasteiger partial charge in [-0.15, -0.1) is 0 Å². The van der Waals surface area contributed by atoms with Crippen LogP contribution in [0.4, 0.5) is 0 Å². The quantitative estimate of drug-likeness (QED) is 0.243. The normalized spacial score (nSPS) is 51.7. The topological polar surface area (TPSA) is 190 Å². The molecule has 0 aromatic rings. The van der Waals surface area contributed by atoms with E-state index in [0.717, 1.165) is 0 Å². The van der Waals surface area contributed by atoms with Crippen molar-refractivity contribution >= 4 is 0 Å². The molecule has 0 aromatic carbocycles. The summed E-state index contributed by atoms with van der Waals surface area (Å²) in [6, 6.07) is 0. The Balaban J connectivity index is 2.11. The molecular formula is C12H22O11. The van der Waals surface area contributed by atoms with Gasteiger partial charge in [0.2, 0.25) is 0 Å². The Morgan fingerprint density at radius 2 is 1.22 bits per heavy atom. The Morgan fingerprint density at radius 3 is 1.78 bits per heavy atom. The predicted molar refractivity (Wildman–Crippen MR) is 68.6 cm³/mol. The average molecular weight is 342 g/mol. The van der Waals surface area contributed by atoms with Crippen molar-refractivity contribution in [3.8, 4) is 0 Å². The minimum Gasteiger partial charge on any atom is -0.394 e. The van der Waals surface area contributed by atoms with Crippen LogP contribution >= 0.6 is 0 Å². The molecule has 136 valence electrons. The van der Waals surface area contributed by atoms with E-state index in [1.807, 2.05) is 0 Å². The molecule has 23 heavy (non-hydrogen) atoms. The van der Waals surface area contributed by atoms with Crippen molar-refractivity contribution in [1.29, 1.82) is 0 Å². The molecule has 0 amide bonds. The molecule has 5 unspecified atom stereocenters. The van der Waals surface area contributed by atoms with Crippen LogP contribution in [-0.4, -0.2) is 115 Å². The first-order chi connectivity index (χ1) is 10.8. The number of ether oxygens (including phenoxy) is 3. The molecule has 2 aliphatic heterocycles. The zero-order chi connectivity index (χ0) is 17.3. The maximum Gasteiger partial charge on any atom is 0.187 e. The minimum atomic E-state index is -1.76. The molecule has 2 aliphatic rings. The van der Waals surface area contributed by atoms with Gasteiger partial charge in [-0.25, -0.2) is 0 Å². The van der Waals surface area contributed by atoms with Gasteiger partial charge in [0.1, 0.15) is 48.8 Å². The highest BCUT2D eigenvalue weighted by atomic mass is 16.7. The summed E-state index contributed by atoms with van der Waals surface area (Å²) < 4.78 is 15.1. The van der Waals surface area contributed by atoms with Crippen LogP contribution in [0.1, 0.15) is 0 Å². The Morgan fingerprint density at radius 1 is 0.652 bits per heavy atom. The second kappa shape index (κ2) is 7.63. The summed E-state index contributed by atoms with van der Waals surface area (Å²) in [5.74, 6) is 0. The second-order valence-corrected chi connectivity index (χ2v) is 5.53. The number of hydrogen-bond donors (Lipinski definition) is 8. The summed E-state index contributed by atoms with van der Waals surface area (Å²) in [4.78, 5) is 0. The SMILES string of the molecule is OCC1OC(O)C(O)[C@@H](O[C@@H]2OC(CO)[C@H](O)[C@H](O)C2O)[C@@H]1O. The fraction of sp³-hybridized carbons (Fsp3) is 1.00. The zero-order valence-corrected chi connectivity index (χ0v) is 12.0. The third-order valence-electron chi connectivity index (χ3n) is 3.98. The molecule has 0 radical (unpaired) electrons. The van der Waals surface area contributed by atoms with E-state index in [-0.39, 0.29) is 0 Å². The van der Waals surface area contributed by atoms with Gasteiger partial charge in [0.05, 0.1) is 13.2 Å². The lowest BCUT2D eigenvalue weighted by Crippen LogP contribution is -2.64. The first-order valence-electron chi connectivity index (χ1n) is 7.08. The lowest BCUT2D eigenvalue weighted by molar-refractivity contribution is -0.355. The van der Waals surface area contributed by atoms with Crippen molar-refractivity contribution in [2.45, 2.75) is 61.4 Å². The average Bonchev–Trinajstić information content (AvgIpc) is 2.54. The van der Waals surface area contributed by atoms with E-state index in [1.165, 1.54) is 0 Å². The second-order valence-electron chi connectivity index (χ2n) is 5.53. The molecule has 2 fully saturated rings. The molecule has 2 heterocycles. The molecule has 11 nitrogen and oxygen atoms in total. The molecular weight excluding hydrogens is 320 g/mol. The van der Waals surface area contributed by atoms with Gasteiger partial charge < -0.3 is 55.1 Å². The van der Waals surface area contributed by atoms with Crippen LogP contribution in [0.3, 0.4) is 0 Å². The Hall–Kier alpha value is -0.440. The zero-order valence-electron chi connectivity index (χ0n) is 12.0. The van der Waals surface area contributed by atoms with Gasteiger partial charge in [-0.2, -0.15) is 0 Å². The first-order valence-corrected chi connectivity index (χ1v) is 7.08. The van der Waals surface area contributed by atoms with Crippen molar-refractivity contribution in [3.63, 3.8) is 0 Å². The Kier molecular flexibility index (Phi) is 6.27. The van der Waals surface area contributed by atoms with Crippen LogP contribution in [0.5, 0.6) is 0 Å². The van der Waals surface area contributed by atoms with Gasteiger partial charge in [0.25, 0.3) is 0 Å². The maximum atomic E-state index is 10.00. The molecule has 2 rings (SSSR count). The van der Waals surface area contributed by atoms with Crippen LogP contribution in [0.15, 0.2) is 0 Å².